The summed E-state index contributed by atoms with van der Waals surface area (Å²) in [6.45, 7) is 14.2. The summed E-state index contributed by atoms with van der Waals surface area (Å²) in [7, 11) is 0. The van der Waals surface area contributed by atoms with Crippen molar-refractivity contribution in [2.24, 2.45) is 23.7 Å². The molecule has 2 heterocycles. The van der Waals surface area contributed by atoms with Crippen molar-refractivity contribution in [1.29, 1.82) is 0 Å². The van der Waals surface area contributed by atoms with Crippen LogP contribution in [0.15, 0.2) is 0 Å². The second-order valence-electron chi connectivity index (χ2n) is 10.0. The van der Waals surface area contributed by atoms with Crippen molar-refractivity contribution >= 4 is 0 Å². The fourth-order valence-electron chi connectivity index (χ4n) is 6.32. The minimum absolute atomic E-state index is 0.367. The van der Waals surface area contributed by atoms with E-state index in [4.69, 9.17) is 4.74 Å². The molecule has 0 radical (unpaired) electrons. The van der Waals surface area contributed by atoms with Crippen molar-refractivity contribution in [2.45, 2.75) is 104 Å². The Morgan fingerprint density at radius 1 is 1.04 bits per heavy atom. The van der Waals surface area contributed by atoms with Crippen LogP contribution in [0.3, 0.4) is 0 Å². The lowest BCUT2D eigenvalue weighted by Crippen LogP contribution is -2.72. The molecular weight excluding hydrogens is 294 g/mol. The minimum Gasteiger partial charge on any atom is -0.377 e. The van der Waals surface area contributed by atoms with E-state index in [0.29, 0.717) is 11.6 Å². The van der Waals surface area contributed by atoms with Crippen LogP contribution in [0.4, 0.5) is 0 Å². The highest BCUT2D eigenvalue weighted by atomic mass is 16.5. The van der Waals surface area contributed by atoms with Gasteiger partial charge in [-0.2, -0.15) is 0 Å². The third-order valence-electron chi connectivity index (χ3n) is 7.09. The number of piperidine rings is 1. The average molecular weight is 336 g/mol. The summed E-state index contributed by atoms with van der Waals surface area (Å²) < 4.78 is 5.79. The molecule has 3 rings (SSSR count). The van der Waals surface area contributed by atoms with Crippen LogP contribution in [0, 0.1) is 23.7 Å². The molecule has 2 nitrogen and oxygen atoms in total. The van der Waals surface area contributed by atoms with E-state index in [1.54, 1.807) is 0 Å². The van der Waals surface area contributed by atoms with Gasteiger partial charge in [-0.15, -0.1) is 0 Å². The number of hydrogen-bond acceptors (Lipinski definition) is 2. The van der Waals surface area contributed by atoms with E-state index in [9.17, 15) is 0 Å². The quantitative estimate of drug-likeness (QED) is 0.674. The highest BCUT2D eigenvalue weighted by Crippen LogP contribution is 2.50. The Balaban J connectivity index is 1.91. The molecule has 0 aromatic heterocycles. The van der Waals surface area contributed by atoms with Crippen molar-refractivity contribution in [3.05, 3.63) is 0 Å². The molecule has 0 N–H and O–H groups in total. The molecule has 1 aliphatic carbocycles. The van der Waals surface area contributed by atoms with Crippen LogP contribution in [0.1, 0.15) is 86.0 Å². The molecule has 1 saturated carbocycles. The van der Waals surface area contributed by atoms with E-state index in [0.717, 1.165) is 42.9 Å². The summed E-state index contributed by atoms with van der Waals surface area (Å²) in [6.07, 6.45) is 11.5. The molecule has 0 aromatic rings. The molecule has 0 bridgehead atoms. The van der Waals surface area contributed by atoms with Gasteiger partial charge in [0.05, 0.1) is 18.8 Å². The van der Waals surface area contributed by atoms with Crippen LogP contribution < -0.4 is 0 Å². The van der Waals surface area contributed by atoms with Crippen LogP contribution >= 0.6 is 0 Å². The number of rotatable bonds is 3. The van der Waals surface area contributed by atoms with E-state index in [2.05, 4.69) is 39.5 Å². The molecule has 1 spiro atoms. The van der Waals surface area contributed by atoms with Gasteiger partial charge in [-0.1, -0.05) is 46.5 Å². The van der Waals surface area contributed by atoms with E-state index in [1.165, 1.54) is 51.4 Å². The number of hydrogen-bond donors (Lipinski definition) is 0. The highest BCUT2D eigenvalue weighted by Gasteiger charge is 2.55. The first kappa shape index (κ1) is 18.7. The predicted octanol–water partition coefficient (Wildman–Crippen LogP) is 5.51. The zero-order valence-electron chi connectivity index (χ0n) is 16.9. The maximum atomic E-state index is 5.79. The third kappa shape index (κ3) is 3.70. The normalized spacial score (nSPS) is 37.6. The smallest absolute Gasteiger partial charge is 0.0686 e. The molecule has 2 heteroatoms. The topological polar surface area (TPSA) is 12.5 Å². The highest BCUT2D eigenvalue weighted by molar-refractivity contribution is 5.08. The Kier molecular flexibility index (Phi) is 5.97. The van der Waals surface area contributed by atoms with Gasteiger partial charge < -0.3 is 4.74 Å². The summed E-state index contributed by atoms with van der Waals surface area (Å²) in [5.41, 5.74) is 0.367. The Labute approximate surface area is 150 Å². The van der Waals surface area contributed by atoms with E-state index >= 15 is 0 Å². The molecular formula is C22H41NO. The Morgan fingerprint density at radius 3 is 2.33 bits per heavy atom. The van der Waals surface area contributed by atoms with Crippen molar-refractivity contribution < 1.29 is 4.74 Å². The zero-order chi connectivity index (χ0) is 17.3. The molecule has 3 fully saturated rings. The molecule has 2 aliphatic heterocycles. The van der Waals surface area contributed by atoms with Gasteiger partial charge in [0.1, 0.15) is 0 Å². The zero-order valence-corrected chi connectivity index (χ0v) is 16.9. The molecule has 0 aromatic carbocycles. The standard InChI is InChI=1S/C22H41NO/c1-16(2)11-19-13-22(14-24-15-22)23(17(3)4)21-10-8-6-7-9-18(5)12-20(19)21/h16-21H,6-15H2,1-5H3. The molecule has 4 unspecified atom stereocenters. The van der Waals surface area contributed by atoms with Gasteiger partial charge in [-0.25, -0.2) is 0 Å². The van der Waals surface area contributed by atoms with E-state index in [1.807, 2.05) is 0 Å². The Morgan fingerprint density at radius 2 is 1.75 bits per heavy atom. The van der Waals surface area contributed by atoms with Crippen molar-refractivity contribution in [2.75, 3.05) is 13.2 Å². The Bertz CT molecular complexity index is 401. The van der Waals surface area contributed by atoms with E-state index in [-0.39, 0.29) is 0 Å². The van der Waals surface area contributed by atoms with Gasteiger partial charge in [0, 0.05) is 12.1 Å². The summed E-state index contributed by atoms with van der Waals surface area (Å²) in [5, 5.41) is 0. The van der Waals surface area contributed by atoms with Crippen LogP contribution in [-0.2, 0) is 4.74 Å². The van der Waals surface area contributed by atoms with E-state index < -0.39 is 0 Å². The van der Waals surface area contributed by atoms with Gasteiger partial charge in [-0.05, 0) is 63.2 Å². The van der Waals surface area contributed by atoms with Crippen molar-refractivity contribution in [1.82, 2.24) is 4.90 Å². The fourth-order valence-corrected chi connectivity index (χ4v) is 6.32. The monoisotopic (exact) mass is 335 g/mol. The van der Waals surface area contributed by atoms with Crippen LogP contribution in [-0.4, -0.2) is 35.7 Å². The minimum atomic E-state index is 0.367. The summed E-state index contributed by atoms with van der Waals surface area (Å²) in [6, 6.07) is 1.45. The second-order valence-corrected chi connectivity index (χ2v) is 10.0. The van der Waals surface area contributed by atoms with Crippen LogP contribution in [0.2, 0.25) is 0 Å². The largest absolute Gasteiger partial charge is 0.377 e. The summed E-state index contributed by atoms with van der Waals surface area (Å²) in [5.74, 6) is 3.55. The maximum Gasteiger partial charge on any atom is 0.0686 e. The molecule has 4 atom stereocenters. The lowest BCUT2D eigenvalue weighted by Gasteiger charge is -2.62. The predicted molar refractivity (Wildman–Crippen MR) is 102 cm³/mol. The SMILES string of the molecule is CC(C)CC1CC2(COC2)N(C(C)C)C2CCCCCC(C)CC12. The fraction of sp³-hybridized carbons (Fsp3) is 1.00. The average Bonchev–Trinajstić information content (AvgIpc) is 2.54. The van der Waals surface area contributed by atoms with Gasteiger partial charge in [0.15, 0.2) is 0 Å². The maximum absolute atomic E-state index is 5.79. The van der Waals surface area contributed by atoms with Gasteiger partial charge >= 0.3 is 0 Å². The van der Waals surface area contributed by atoms with Gasteiger partial charge in [0.25, 0.3) is 0 Å². The Hall–Kier alpha value is -0.0800. The molecule has 0 amide bonds. The molecule has 2 saturated heterocycles. The van der Waals surface area contributed by atoms with Gasteiger partial charge in [0.2, 0.25) is 0 Å². The lowest BCUT2D eigenvalue weighted by atomic mass is 9.64. The first-order valence-corrected chi connectivity index (χ1v) is 10.8. The molecule has 3 aliphatic rings. The first-order valence-electron chi connectivity index (χ1n) is 10.8. The summed E-state index contributed by atoms with van der Waals surface area (Å²) in [4.78, 5) is 2.94. The van der Waals surface area contributed by atoms with Crippen molar-refractivity contribution in [3.63, 3.8) is 0 Å². The number of fused-ring (bicyclic) bond motifs is 1. The lowest BCUT2D eigenvalue weighted by molar-refractivity contribution is -0.210. The van der Waals surface area contributed by atoms with Crippen LogP contribution in [0.25, 0.3) is 0 Å². The number of ether oxygens (including phenoxy) is 1. The van der Waals surface area contributed by atoms with Gasteiger partial charge in [-0.3, -0.25) is 4.90 Å². The molecule has 140 valence electrons. The second kappa shape index (κ2) is 7.66. The van der Waals surface area contributed by atoms with Crippen molar-refractivity contribution in [3.8, 4) is 0 Å². The van der Waals surface area contributed by atoms with Crippen LogP contribution in [0.5, 0.6) is 0 Å². The first-order chi connectivity index (χ1) is 11.4. The number of likely N-dealkylation sites (tertiary alicyclic amines) is 1. The number of nitrogens with zero attached hydrogens (tertiary/aromatic N) is 1. The summed E-state index contributed by atoms with van der Waals surface area (Å²) >= 11 is 0. The third-order valence-corrected chi connectivity index (χ3v) is 7.09. The molecule has 24 heavy (non-hydrogen) atoms.